The van der Waals surface area contributed by atoms with Gasteiger partial charge in [-0.15, -0.1) is 0 Å². The molecule has 0 saturated carbocycles. The minimum atomic E-state index is -4.23. The Kier molecular flexibility index (Phi) is 3.51. The highest BCUT2D eigenvalue weighted by molar-refractivity contribution is 5.47. The molecule has 0 atom stereocenters. The third kappa shape index (κ3) is 2.61. The molecular weight excluding hydrogens is 245 g/mol. The average Bonchev–Trinajstić information content (AvgIpc) is 2.38. The molecule has 0 amide bonds. The summed E-state index contributed by atoms with van der Waals surface area (Å²) in [4.78, 5) is 9.71. The number of nitrogens with zero attached hydrogens (tertiary/aromatic N) is 3. The number of alkyl halides is 3. The summed E-state index contributed by atoms with van der Waals surface area (Å²) in [5.74, 6) is 0.616. The molecule has 1 aromatic heterocycles. The summed E-state index contributed by atoms with van der Waals surface area (Å²) in [6.07, 6.45) is -0.0965. The van der Waals surface area contributed by atoms with Crippen LogP contribution in [0, 0.1) is 0 Å². The van der Waals surface area contributed by atoms with Crippen LogP contribution in [-0.2, 0) is 6.54 Å². The minimum Gasteiger partial charge on any atom is -0.352 e. The van der Waals surface area contributed by atoms with E-state index in [4.69, 9.17) is 5.73 Å². The highest BCUT2D eigenvalue weighted by Crippen LogP contribution is 2.31. The fourth-order valence-corrected chi connectivity index (χ4v) is 1.90. The van der Waals surface area contributed by atoms with Crippen molar-refractivity contribution >= 4 is 5.82 Å². The first-order chi connectivity index (χ1) is 8.52. The van der Waals surface area contributed by atoms with Gasteiger partial charge in [0, 0.05) is 37.0 Å². The Balaban J connectivity index is 2.17. The van der Waals surface area contributed by atoms with Gasteiger partial charge in [-0.2, -0.15) is 13.2 Å². The highest BCUT2D eigenvalue weighted by atomic mass is 19.4. The number of anilines is 1. The third-order valence-electron chi connectivity index (χ3n) is 2.86. The van der Waals surface area contributed by atoms with Gasteiger partial charge in [0.05, 0.1) is 0 Å². The molecule has 18 heavy (non-hydrogen) atoms. The summed E-state index contributed by atoms with van der Waals surface area (Å²) < 4.78 is 37.5. The molecular formula is C11H13F3N4. The van der Waals surface area contributed by atoms with Gasteiger partial charge in [-0.25, -0.2) is 9.97 Å². The molecule has 0 bridgehead atoms. The molecule has 0 unspecified atom stereocenters. The Morgan fingerprint density at radius 1 is 1.39 bits per heavy atom. The van der Waals surface area contributed by atoms with Crippen LogP contribution >= 0.6 is 0 Å². The Hall–Kier alpha value is -1.63. The largest absolute Gasteiger partial charge is 0.412 e. The second-order valence-electron chi connectivity index (χ2n) is 4.00. The fourth-order valence-electron chi connectivity index (χ4n) is 1.90. The van der Waals surface area contributed by atoms with Crippen LogP contribution in [-0.4, -0.2) is 29.2 Å². The maximum atomic E-state index is 12.5. The predicted octanol–water partition coefficient (Wildman–Crippen LogP) is 1.63. The van der Waals surface area contributed by atoms with E-state index >= 15 is 0 Å². The monoisotopic (exact) mass is 258 g/mol. The van der Waals surface area contributed by atoms with E-state index in [0.717, 1.165) is 5.56 Å². The Morgan fingerprint density at radius 2 is 2.17 bits per heavy atom. The summed E-state index contributed by atoms with van der Waals surface area (Å²) in [7, 11) is 0. The molecule has 1 aliphatic heterocycles. The predicted molar refractivity (Wildman–Crippen MR) is 60.9 cm³/mol. The van der Waals surface area contributed by atoms with Gasteiger partial charge in [0.1, 0.15) is 12.1 Å². The van der Waals surface area contributed by atoms with E-state index in [1.54, 1.807) is 11.1 Å². The molecule has 2 rings (SSSR count). The van der Waals surface area contributed by atoms with Crippen molar-refractivity contribution in [1.29, 1.82) is 0 Å². The molecule has 4 nitrogen and oxygen atoms in total. The van der Waals surface area contributed by atoms with Crippen LogP contribution in [0.1, 0.15) is 12.0 Å². The number of hydrogen-bond donors (Lipinski definition) is 1. The zero-order valence-electron chi connectivity index (χ0n) is 9.61. The van der Waals surface area contributed by atoms with Crippen LogP contribution in [0.5, 0.6) is 0 Å². The van der Waals surface area contributed by atoms with E-state index in [1.165, 1.54) is 12.4 Å². The van der Waals surface area contributed by atoms with Crippen molar-refractivity contribution < 1.29 is 13.2 Å². The Bertz CT molecular complexity index is 456. The van der Waals surface area contributed by atoms with Gasteiger partial charge in [0.2, 0.25) is 0 Å². The lowest BCUT2D eigenvalue weighted by Crippen LogP contribution is -2.33. The minimum absolute atomic E-state index is 0.0302. The SMILES string of the molecule is NCc1cncnc1N1CC=C(C(F)(F)F)CC1. The van der Waals surface area contributed by atoms with Crippen LogP contribution in [0.25, 0.3) is 0 Å². The standard InChI is InChI=1S/C11H13F3N4/c12-11(13,14)9-1-3-18(4-2-9)10-8(5-15)6-16-7-17-10/h1,6-7H,2-5,15H2. The van der Waals surface area contributed by atoms with Crippen molar-refractivity contribution in [1.82, 2.24) is 9.97 Å². The molecule has 7 heteroatoms. The number of nitrogens with two attached hydrogens (primary N) is 1. The zero-order valence-corrected chi connectivity index (χ0v) is 9.61. The molecule has 0 radical (unpaired) electrons. The van der Waals surface area contributed by atoms with Gasteiger partial charge >= 0.3 is 6.18 Å². The lowest BCUT2D eigenvalue weighted by molar-refractivity contribution is -0.0944. The van der Waals surface area contributed by atoms with E-state index in [9.17, 15) is 13.2 Å². The van der Waals surface area contributed by atoms with Crippen molar-refractivity contribution in [2.75, 3.05) is 18.0 Å². The second-order valence-corrected chi connectivity index (χ2v) is 4.00. The first-order valence-corrected chi connectivity index (χ1v) is 5.52. The number of halogens is 3. The Morgan fingerprint density at radius 3 is 2.72 bits per heavy atom. The van der Waals surface area contributed by atoms with E-state index in [0.29, 0.717) is 5.82 Å². The van der Waals surface area contributed by atoms with Crippen LogP contribution in [0.3, 0.4) is 0 Å². The molecule has 2 N–H and O–H groups in total. The topological polar surface area (TPSA) is 55.0 Å². The van der Waals surface area contributed by atoms with Gasteiger partial charge in [-0.1, -0.05) is 6.08 Å². The second kappa shape index (κ2) is 4.93. The van der Waals surface area contributed by atoms with Gasteiger partial charge in [0.25, 0.3) is 0 Å². The maximum Gasteiger partial charge on any atom is 0.412 e. The summed E-state index contributed by atoms with van der Waals surface area (Å²) in [6, 6.07) is 0. The van der Waals surface area contributed by atoms with Gasteiger partial charge in [-0.05, 0) is 6.42 Å². The summed E-state index contributed by atoms with van der Waals surface area (Å²) >= 11 is 0. The van der Waals surface area contributed by atoms with Gasteiger partial charge < -0.3 is 10.6 Å². The molecule has 2 heterocycles. The van der Waals surface area contributed by atoms with E-state index in [2.05, 4.69) is 9.97 Å². The van der Waals surface area contributed by atoms with Crippen molar-refractivity contribution in [2.24, 2.45) is 5.73 Å². The third-order valence-corrected chi connectivity index (χ3v) is 2.86. The smallest absolute Gasteiger partial charge is 0.352 e. The van der Waals surface area contributed by atoms with Crippen molar-refractivity contribution in [3.8, 4) is 0 Å². The molecule has 0 aliphatic carbocycles. The summed E-state index contributed by atoms with van der Waals surface area (Å²) in [5, 5.41) is 0. The molecule has 98 valence electrons. The molecule has 0 fully saturated rings. The first-order valence-electron chi connectivity index (χ1n) is 5.52. The van der Waals surface area contributed by atoms with E-state index < -0.39 is 11.7 Å². The number of rotatable bonds is 2. The average molecular weight is 258 g/mol. The number of hydrogen-bond acceptors (Lipinski definition) is 4. The molecule has 0 saturated heterocycles. The molecule has 1 aromatic rings. The van der Waals surface area contributed by atoms with Crippen LogP contribution in [0.4, 0.5) is 19.0 Å². The van der Waals surface area contributed by atoms with Crippen LogP contribution in [0.2, 0.25) is 0 Å². The molecule has 1 aliphatic rings. The van der Waals surface area contributed by atoms with E-state index in [1.807, 2.05) is 0 Å². The summed E-state index contributed by atoms with van der Waals surface area (Å²) in [6.45, 7) is 0.747. The van der Waals surface area contributed by atoms with Crippen molar-refractivity contribution in [3.63, 3.8) is 0 Å². The van der Waals surface area contributed by atoms with Crippen molar-refractivity contribution in [3.05, 3.63) is 29.7 Å². The quantitative estimate of drug-likeness (QED) is 0.819. The van der Waals surface area contributed by atoms with Crippen LogP contribution < -0.4 is 10.6 Å². The van der Waals surface area contributed by atoms with E-state index in [-0.39, 0.29) is 26.1 Å². The fraction of sp³-hybridized carbons (Fsp3) is 0.455. The lowest BCUT2D eigenvalue weighted by Gasteiger charge is -2.29. The normalized spacial score (nSPS) is 16.7. The van der Waals surface area contributed by atoms with Gasteiger partial charge in [0.15, 0.2) is 0 Å². The van der Waals surface area contributed by atoms with Gasteiger partial charge in [-0.3, -0.25) is 0 Å². The highest BCUT2D eigenvalue weighted by Gasteiger charge is 2.35. The first kappa shape index (κ1) is 12.8. The lowest BCUT2D eigenvalue weighted by atomic mass is 10.1. The number of aromatic nitrogens is 2. The molecule has 0 aromatic carbocycles. The maximum absolute atomic E-state index is 12.5. The zero-order chi connectivity index (χ0) is 13.2. The molecule has 0 spiro atoms. The van der Waals surface area contributed by atoms with Crippen LogP contribution in [0.15, 0.2) is 24.2 Å². The van der Waals surface area contributed by atoms with Crippen molar-refractivity contribution in [2.45, 2.75) is 19.1 Å². The Labute approximate surface area is 102 Å². The summed E-state index contributed by atoms with van der Waals surface area (Å²) in [5.41, 5.74) is 5.82.